The molecule has 140 valence electrons. The molecule has 1 aromatic heterocycles. The van der Waals surface area contributed by atoms with Gasteiger partial charge in [0, 0.05) is 11.6 Å². The van der Waals surface area contributed by atoms with Crippen molar-refractivity contribution < 1.29 is 27.2 Å². The number of halogens is 1. The fraction of sp³-hybridized carbons (Fsp3) is 0.111. The lowest BCUT2D eigenvalue weighted by Crippen LogP contribution is -2.11. The van der Waals surface area contributed by atoms with Gasteiger partial charge in [-0.1, -0.05) is 0 Å². The zero-order chi connectivity index (χ0) is 19.6. The Morgan fingerprint density at radius 2 is 1.93 bits per heavy atom. The van der Waals surface area contributed by atoms with Crippen molar-refractivity contribution in [3.63, 3.8) is 0 Å². The van der Waals surface area contributed by atoms with Gasteiger partial charge in [-0.2, -0.15) is 0 Å². The summed E-state index contributed by atoms with van der Waals surface area (Å²) in [7, 11) is -4.71. The van der Waals surface area contributed by atoms with Crippen LogP contribution in [0.3, 0.4) is 0 Å². The van der Waals surface area contributed by atoms with Crippen molar-refractivity contribution in [1.82, 2.24) is 4.98 Å². The number of rotatable bonds is 5. The molecule has 1 heterocycles. The summed E-state index contributed by atoms with van der Waals surface area (Å²) in [6.45, 7) is 2.36. The highest BCUT2D eigenvalue weighted by Crippen LogP contribution is 2.34. The fourth-order valence-corrected chi connectivity index (χ4v) is 4.05. The molecule has 0 aliphatic carbocycles. The number of carbonyl (C=O) groups excluding carboxylic acids is 1. The van der Waals surface area contributed by atoms with Gasteiger partial charge in [-0.25, -0.2) is 13.2 Å². The first kappa shape index (κ1) is 19.5. The van der Waals surface area contributed by atoms with Crippen LogP contribution in [0.5, 0.6) is 11.5 Å². The molecule has 0 radical (unpaired) electrons. The van der Waals surface area contributed by atoms with Crippen LogP contribution in [0.15, 0.2) is 53.6 Å². The van der Waals surface area contributed by atoms with E-state index in [9.17, 15) is 17.8 Å². The van der Waals surface area contributed by atoms with E-state index in [-0.39, 0.29) is 20.2 Å². The van der Waals surface area contributed by atoms with Crippen LogP contribution in [-0.2, 0) is 10.1 Å². The minimum Gasteiger partial charge on any atom is -0.744 e. The Kier molecular flexibility index (Phi) is 5.63. The van der Waals surface area contributed by atoms with E-state index in [1.165, 1.54) is 24.4 Å². The number of esters is 1. The lowest BCUT2D eigenvalue weighted by Gasteiger charge is -2.15. The van der Waals surface area contributed by atoms with E-state index in [0.717, 1.165) is 0 Å². The Morgan fingerprint density at radius 1 is 1.22 bits per heavy atom. The van der Waals surface area contributed by atoms with E-state index in [0.29, 0.717) is 17.9 Å². The number of carbonyl (C=O) groups is 1. The molecule has 0 spiro atoms. The second-order valence-corrected chi connectivity index (χ2v) is 7.90. The van der Waals surface area contributed by atoms with Gasteiger partial charge in [0.2, 0.25) is 0 Å². The summed E-state index contributed by atoms with van der Waals surface area (Å²) in [5, 5.41) is 0.0995. The molecule has 0 fully saturated rings. The molecular formula is C18H13INO6S-. The second kappa shape index (κ2) is 7.79. The maximum atomic E-state index is 12.5. The van der Waals surface area contributed by atoms with Crippen molar-refractivity contribution in [1.29, 1.82) is 0 Å². The average Bonchev–Trinajstić information content (AvgIpc) is 2.63. The monoisotopic (exact) mass is 498 g/mol. The molecule has 9 heteroatoms. The van der Waals surface area contributed by atoms with Crippen molar-refractivity contribution >= 4 is 49.6 Å². The highest BCUT2D eigenvalue weighted by molar-refractivity contribution is 14.1. The summed E-state index contributed by atoms with van der Waals surface area (Å²) in [5.41, 5.74) is 0.414. The van der Waals surface area contributed by atoms with Crippen molar-refractivity contribution in [3.05, 3.63) is 57.8 Å². The van der Waals surface area contributed by atoms with Gasteiger partial charge in [0.25, 0.3) is 0 Å². The lowest BCUT2D eigenvalue weighted by molar-refractivity contribution is 0.0735. The summed E-state index contributed by atoms with van der Waals surface area (Å²) in [6, 6.07) is 10.5. The Morgan fingerprint density at radius 3 is 2.56 bits per heavy atom. The van der Waals surface area contributed by atoms with Gasteiger partial charge >= 0.3 is 5.97 Å². The molecule has 0 saturated carbocycles. The molecular weight excluding hydrogens is 485 g/mol. The Labute approximate surface area is 169 Å². The zero-order valence-electron chi connectivity index (χ0n) is 14.0. The van der Waals surface area contributed by atoms with Gasteiger partial charge in [0.05, 0.1) is 20.6 Å². The first-order valence-electron chi connectivity index (χ1n) is 7.79. The molecule has 7 nitrogen and oxygen atoms in total. The SMILES string of the molecule is CCOc1ccc(C(=O)Oc2c(I)cc(S(=O)(=O)[O-])c3cccnc23)cc1. The summed E-state index contributed by atoms with van der Waals surface area (Å²) in [5.74, 6) is 0.0823. The van der Waals surface area contributed by atoms with Crippen LogP contribution in [0.2, 0.25) is 0 Å². The smallest absolute Gasteiger partial charge is 0.343 e. The van der Waals surface area contributed by atoms with Gasteiger partial charge in [-0.15, -0.1) is 0 Å². The molecule has 27 heavy (non-hydrogen) atoms. The molecule has 3 aromatic rings. The number of hydrogen-bond acceptors (Lipinski definition) is 7. The molecule has 3 rings (SSSR count). The predicted molar refractivity (Wildman–Crippen MR) is 105 cm³/mol. The van der Waals surface area contributed by atoms with E-state index in [1.54, 1.807) is 46.9 Å². The van der Waals surface area contributed by atoms with Crippen molar-refractivity contribution in [2.24, 2.45) is 0 Å². The number of aromatic nitrogens is 1. The van der Waals surface area contributed by atoms with Crippen LogP contribution in [0.25, 0.3) is 10.9 Å². The van der Waals surface area contributed by atoms with Gasteiger partial charge in [0.15, 0.2) is 5.75 Å². The number of fused-ring (bicyclic) bond motifs is 1. The van der Waals surface area contributed by atoms with E-state index in [2.05, 4.69) is 4.98 Å². The maximum Gasteiger partial charge on any atom is 0.343 e. The summed E-state index contributed by atoms with van der Waals surface area (Å²) >= 11 is 1.80. The van der Waals surface area contributed by atoms with Gasteiger partial charge in [-0.05, 0) is 72.0 Å². The highest BCUT2D eigenvalue weighted by Gasteiger charge is 2.19. The molecule has 2 aromatic carbocycles. The third-order valence-electron chi connectivity index (χ3n) is 3.63. The highest BCUT2D eigenvalue weighted by atomic mass is 127. The first-order valence-corrected chi connectivity index (χ1v) is 10.3. The number of hydrogen-bond donors (Lipinski definition) is 0. The van der Waals surface area contributed by atoms with E-state index in [1.807, 2.05) is 6.92 Å². The zero-order valence-corrected chi connectivity index (χ0v) is 17.0. The Bertz CT molecular complexity index is 1110. The average molecular weight is 498 g/mol. The molecule has 0 atom stereocenters. The molecule has 0 bridgehead atoms. The van der Waals surface area contributed by atoms with Gasteiger partial charge < -0.3 is 14.0 Å². The minimum atomic E-state index is -4.71. The third-order valence-corrected chi connectivity index (χ3v) is 5.31. The Hall–Kier alpha value is -2.24. The minimum absolute atomic E-state index is 0.0949. The number of nitrogens with zero attached hydrogens (tertiary/aromatic N) is 1. The fourth-order valence-electron chi connectivity index (χ4n) is 2.47. The summed E-state index contributed by atoms with van der Waals surface area (Å²) in [4.78, 5) is 16.2. The third kappa shape index (κ3) is 4.20. The normalized spacial score (nSPS) is 11.4. The van der Waals surface area contributed by atoms with Crippen molar-refractivity contribution in [2.75, 3.05) is 6.61 Å². The quantitative estimate of drug-likeness (QED) is 0.230. The topological polar surface area (TPSA) is 106 Å². The maximum absolute atomic E-state index is 12.5. The van der Waals surface area contributed by atoms with Crippen molar-refractivity contribution in [3.8, 4) is 11.5 Å². The van der Waals surface area contributed by atoms with Gasteiger partial charge in [0.1, 0.15) is 21.4 Å². The first-order chi connectivity index (χ1) is 12.8. The van der Waals surface area contributed by atoms with Crippen LogP contribution >= 0.6 is 22.6 Å². The van der Waals surface area contributed by atoms with E-state index >= 15 is 0 Å². The number of benzene rings is 2. The summed E-state index contributed by atoms with van der Waals surface area (Å²) in [6.07, 6.45) is 1.42. The molecule has 0 aliphatic rings. The Balaban J connectivity index is 2.02. The van der Waals surface area contributed by atoms with E-state index < -0.39 is 21.0 Å². The molecule has 0 N–H and O–H groups in total. The molecule has 0 saturated heterocycles. The van der Waals surface area contributed by atoms with Crippen LogP contribution in [0, 0.1) is 3.57 Å². The van der Waals surface area contributed by atoms with Gasteiger partial charge in [-0.3, -0.25) is 4.98 Å². The molecule has 0 unspecified atom stereocenters. The summed E-state index contributed by atoms with van der Waals surface area (Å²) < 4.78 is 45.7. The van der Waals surface area contributed by atoms with E-state index in [4.69, 9.17) is 9.47 Å². The van der Waals surface area contributed by atoms with Crippen LogP contribution in [0.4, 0.5) is 0 Å². The molecule has 0 aliphatic heterocycles. The largest absolute Gasteiger partial charge is 0.744 e. The standard InChI is InChI=1S/C18H14INO6S/c1-2-25-12-7-5-11(6-8-12)18(21)26-17-14(19)10-15(27(22,23)24)13-4-3-9-20-16(13)17/h3-10H,2H2,1H3,(H,22,23,24)/p-1. The number of ether oxygens (including phenoxy) is 2. The molecule has 0 amide bonds. The number of pyridine rings is 1. The lowest BCUT2D eigenvalue weighted by atomic mass is 10.2. The second-order valence-electron chi connectivity index (χ2n) is 5.39. The van der Waals surface area contributed by atoms with Crippen molar-refractivity contribution in [2.45, 2.75) is 11.8 Å². The predicted octanol–water partition coefficient (Wildman–Crippen LogP) is 3.36. The van der Waals surface area contributed by atoms with Crippen LogP contribution in [0.1, 0.15) is 17.3 Å². The van der Waals surface area contributed by atoms with Crippen LogP contribution in [-0.4, -0.2) is 30.5 Å². The van der Waals surface area contributed by atoms with Crippen LogP contribution < -0.4 is 9.47 Å².